The standard InChI is InChI=1S/C19H33N3O2.HI/c1-14(2)12-24-17-10-8-16(9-11-17)15(3)22-18(20-6)21-13-19(4,5)23-7;/h8-11,14-15H,12-13H2,1-7H3,(H2,20,21,22);1H. The smallest absolute Gasteiger partial charge is 0.191 e. The first-order valence-corrected chi connectivity index (χ1v) is 8.52. The van der Waals surface area contributed by atoms with E-state index in [9.17, 15) is 0 Å². The summed E-state index contributed by atoms with van der Waals surface area (Å²) >= 11 is 0. The molecule has 1 atom stereocenters. The van der Waals surface area contributed by atoms with Crippen LogP contribution in [0.4, 0.5) is 0 Å². The number of rotatable bonds is 8. The molecule has 6 heteroatoms. The average Bonchev–Trinajstić information content (AvgIpc) is 2.57. The monoisotopic (exact) mass is 463 g/mol. The van der Waals surface area contributed by atoms with Crippen molar-refractivity contribution < 1.29 is 9.47 Å². The van der Waals surface area contributed by atoms with Crippen molar-refractivity contribution >= 4 is 29.9 Å². The van der Waals surface area contributed by atoms with E-state index in [1.54, 1.807) is 14.2 Å². The van der Waals surface area contributed by atoms with E-state index in [0.29, 0.717) is 12.5 Å². The van der Waals surface area contributed by atoms with Crippen LogP contribution in [-0.2, 0) is 4.74 Å². The number of aliphatic imine (C=N–C) groups is 1. The summed E-state index contributed by atoms with van der Waals surface area (Å²) in [7, 11) is 3.48. The Labute approximate surface area is 170 Å². The largest absolute Gasteiger partial charge is 0.493 e. The van der Waals surface area contributed by atoms with Crippen LogP contribution in [0.2, 0.25) is 0 Å². The van der Waals surface area contributed by atoms with E-state index in [2.05, 4.69) is 48.5 Å². The number of hydrogen-bond acceptors (Lipinski definition) is 3. The molecule has 5 nitrogen and oxygen atoms in total. The fourth-order valence-electron chi connectivity index (χ4n) is 1.97. The van der Waals surface area contributed by atoms with Crippen molar-refractivity contribution in [2.24, 2.45) is 10.9 Å². The van der Waals surface area contributed by atoms with Gasteiger partial charge in [0.15, 0.2) is 5.96 Å². The Hall–Kier alpha value is -1.02. The van der Waals surface area contributed by atoms with E-state index in [1.165, 1.54) is 5.56 Å². The molecule has 144 valence electrons. The molecule has 2 N–H and O–H groups in total. The highest BCUT2D eigenvalue weighted by Crippen LogP contribution is 2.18. The summed E-state index contributed by atoms with van der Waals surface area (Å²) in [4.78, 5) is 4.27. The average molecular weight is 463 g/mol. The Balaban J connectivity index is 0.00000576. The first kappa shape index (κ1) is 24.0. The van der Waals surface area contributed by atoms with E-state index < -0.39 is 0 Å². The molecular weight excluding hydrogens is 429 g/mol. The Morgan fingerprint density at radius 1 is 1.16 bits per heavy atom. The summed E-state index contributed by atoms with van der Waals surface area (Å²) in [5.74, 6) is 2.19. The maximum absolute atomic E-state index is 5.72. The first-order chi connectivity index (χ1) is 11.3. The van der Waals surface area contributed by atoms with Crippen LogP contribution in [0.15, 0.2) is 29.3 Å². The van der Waals surface area contributed by atoms with Gasteiger partial charge in [0.05, 0.1) is 18.2 Å². The zero-order valence-electron chi connectivity index (χ0n) is 16.6. The zero-order chi connectivity index (χ0) is 18.2. The van der Waals surface area contributed by atoms with Crippen molar-refractivity contribution in [1.82, 2.24) is 10.6 Å². The Morgan fingerprint density at radius 3 is 2.24 bits per heavy atom. The maximum Gasteiger partial charge on any atom is 0.191 e. The minimum atomic E-state index is -0.240. The molecule has 1 rings (SSSR count). The van der Waals surface area contributed by atoms with Gasteiger partial charge in [0.25, 0.3) is 0 Å². The molecule has 1 aromatic rings. The number of ether oxygens (including phenoxy) is 2. The van der Waals surface area contributed by atoms with Crippen molar-refractivity contribution in [1.29, 1.82) is 0 Å². The van der Waals surface area contributed by atoms with E-state index in [0.717, 1.165) is 18.3 Å². The minimum Gasteiger partial charge on any atom is -0.493 e. The van der Waals surface area contributed by atoms with Gasteiger partial charge in [-0.1, -0.05) is 26.0 Å². The minimum absolute atomic E-state index is 0. The predicted octanol–water partition coefficient (Wildman–Crippen LogP) is 3.99. The van der Waals surface area contributed by atoms with Gasteiger partial charge in [0.1, 0.15) is 5.75 Å². The van der Waals surface area contributed by atoms with Crippen LogP contribution in [0.1, 0.15) is 46.2 Å². The van der Waals surface area contributed by atoms with Crippen molar-refractivity contribution in [3.05, 3.63) is 29.8 Å². The molecule has 0 aliphatic rings. The molecule has 0 amide bonds. The van der Waals surface area contributed by atoms with Gasteiger partial charge in [-0.05, 0) is 44.4 Å². The van der Waals surface area contributed by atoms with E-state index >= 15 is 0 Å². The normalized spacial score (nSPS) is 13.2. The molecule has 0 fully saturated rings. The molecule has 0 aromatic heterocycles. The van der Waals surface area contributed by atoms with Gasteiger partial charge in [-0.15, -0.1) is 24.0 Å². The van der Waals surface area contributed by atoms with Gasteiger partial charge in [-0.25, -0.2) is 0 Å². The quantitative estimate of drug-likeness (QED) is 0.348. The summed E-state index contributed by atoms with van der Waals surface area (Å²) in [5.41, 5.74) is 0.942. The molecule has 1 aromatic carbocycles. The van der Waals surface area contributed by atoms with Crippen LogP contribution in [0, 0.1) is 5.92 Å². The zero-order valence-corrected chi connectivity index (χ0v) is 18.9. The van der Waals surface area contributed by atoms with Crippen LogP contribution in [0.25, 0.3) is 0 Å². The van der Waals surface area contributed by atoms with Crippen molar-refractivity contribution in [3.63, 3.8) is 0 Å². The molecule has 0 radical (unpaired) electrons. The first-order valence-electron chi connectivity index (χ1n) is 8.52. The topological polar surface area (TPSA) is 54.9 Å². The third-order valence-electron chi connectivity index (χ3n) is 3.77. The molecule has 0 spiro atoms. The van der Waals surface area contributed by atoms with Gasteiger partial charge in [-0.3, -0.25) is 4.99 Å². The van der Waals surface area contributed by atoms with Crippen molar-refractivity contribution in [3.8, 4) is 5.75 Å². The summed E-state index contributed by atoms with van der Waals surface area (Å²) in [5, 5.41) is 6.69. The molecule has 0 heterocycles. The van der Waals surface area contributed by atoms with Crippen LogP contribution in [0.3, 0.4) is 0 Å². The summed E-state index contributed by atoms with van der Waals surface area (Å²) in [6.45, 7) is 11.9. The second-order valence-electron chi connectivity index (χ2n) is 7.03. The van der Waals surface area contributed by atoms with Gasteiger partial charge in [0.2, 0.25) is 0 Å². The van der Waals surface area contributed by atoms with E-state index in [1.807, 2.05) is 26.0 Å². The number of nitrogens with zero attached hydrogens (tertiary/aromatic N) is 1. The maximum atomic E-state index is 5.72. The number of nitrogens with one attached hydrogen (secondary N) is 2. The lowest BCUT2D eigenvalue weighted by Gasteiger charge is -2.25. The number of halogens is 1. The number of hydrogen-bond donors (Lipinski definition) is 2. The fraction of sp³-hybridized carbons (Fsp3) is 0.632. The Kier molecular flexibility index (Phi) is 11.1. The SMILES string of the molecule is CN=C(NCC(C)(C)OC)NC(C)c1ccc(OCC(C)C)cc1.I. The lowest BCUT2D eigenvalue weighted by atomic mass is 10.1. The van der Waals surface area contributed by atoms with Gasteiger partial charge in [0, 0.05) is 20.7 Å². The van der Waals surface area contributed by atoms with Crippen LogP contribution in [-0.4, -0.2) is 38.9 Å². The van der Waals surface area contributed by atoms with E-state index in [-0.39, 0.29) is 35.6 Å². The summed E-state index contributed by atoms with van der Waals surface area (Å²) in [6, 6.07) is 8.33. The molecule has 0 aliphatic carbocycles. The second kappa shape index (κ2) is 11.6. The van der Waals surface area contributed by atoms with Gasteiger partial charge in [-0.2, -0.15) is 0 Å². The van der Waals surface area contributed by atoms with Gasteiger partial charge < -0.3 is 20.1 Å². The van der Waals surface area contributed by atoms with Crippen LogP contribution < -0.4 is 15.4 Å². The molecule has 0 aliphatic heterocycles. The molecule has 0 saturated heterocycles. The molecule has 0 saturated carbocycles. The third-order valence-corrected chi connectivity index (χ3v) is 3.77. The lowest BCUT2D eigenvalue weighted by molar-refractivity contribution is 0.0268. The highest BCUT2D eigenvalue weighted by Gasteiger charge is 2.17. The summed E-state index contributed by atoms with van der Waals surface area (Å²) in [6.07, 6.45) is 0. The third kappa shape index (κ3) is 9.30. The fourth-order valence-corrected chi connectivity index (χ4v) is 1.97. The van der Waals surface area contributed by atoms with Crippen molar-refractivity contribution in [2.75, 3.05) is 27.3 Å². The molecular formula is C19H34IN3O2. The van der Waals surface area contributed by atoms with E-state index in [4.69, 9.17) is 9.47 Å². The molecule has 25 heavy (non-hydrogen) atoms. The number of benzene rings is 1. The lowest BCUT2D eigenvalue weighted by Crippen LogP contribution is -2.45. The Bertz CT molecular complexity index is 516. The second-order valence-corrected chi connectivity index (χ2v) is 7.03. The number of guanidine groups is 1. The molecule has 1 unspecified atom stereocenters. The Morgan fingerprint density at radius 2 is 1.76 bits per heavy atom. The van der Waals surface area contributed by atoms with Crippen molar-refractivity contribution in [2.45, 2.75) is 46.3 Å². The molecule has 0 bridgehead atoms. The highest BCUT2D eigenvalue weighted by molar-refractivity contribution is 14.0. The van der Waals surface area contributed by atoms with Gasteiger partial charge >= 0.3 is 0 Å². The van der Waals surface area contributed by atoms with Crippen LogP contribution in [0.5, 0.6) is 5.75 Å². The highest BCUT2D eigenvalue weighted by atomic mass is 127. The summed E-state index contributed by atoms with van der Waals surface area (Å²) < 4.78 is 11.1. The number of methoxy groups -OCH3 is 1. The predicted molar refractivity (Wildman–Crippen MR) is 116 cm³/mol. The van der Waals surface area contributed by atoms with Crippen LogP contribution >= 0.6 is 24.0 Å².